The molecule has 1 unspecified atom stereocenters. The van der Waals surface area contributed by atoms with E-state index >= 15 is 0 Å². The van der Waals surface area contributed by atoms with Crippen molar-refractivity contribution in [2.45, 2.75) is 26.8 Å². The highest BCUT2D eigenvalue weighted by molar-refractivity contribution is 7.87. The van der Waals surface area contributed by atoms with E-state index in [2.05, 4.69) is 4.72 Å². The minimum atomic E-state index is -3.54. The fourth-order valence-corrected chi connectivity index (χ4v) is 2.06. The van der Waals surface area contributed by atoms with E-state index in [1.807, 2.05) is 13.8 Å². The van der Waals surface area contributed by atoms with Crippen LogP contribution in [0.4, 0.5) is 0 Å². The standard InChI is InChI=1S/C8H20N4O2S/c1-6(2)5-11-15(13,14)12(4)7(3)8(9)10/h6-7,11H,5H2,1-4H3,(H3,9,10). The molecule has 0 aliphatic carbocycles. The van der Waals surface area contributed by atoms with E-state index < -0.39 is 16.3 Å². The van der Waals surface area contributed by atoms with Crippen molar-refractivity contribution < 1.29 is 8.42 Å². The Bertz CT molecular complexity index is 313. The number of amidine groups is 1. The molecule has 0 bridgehead atoms. The second-order valence-corrected chi connectivity index (χ2v) is 5.71. The van der Waals surface area contributed by atoms with Crippen LogP contribution in [0.1, 0.15) is 20.8 Å². The molecule has 0 aromatic rings. The number of likely N-dealkylation sites (N-methyl/N-ethyl adjacent to an activating group) is 1. The normalized spacial score (nSPS) is 14.5. The largest absolute Gasteiger partial charge is 0.386 e. The number of hydrogen-bond acceptors (Lipinski definition) is 3. The van der Waals surface area contributed by atoms with E-state index in [1.54, 1.807) is 6.92 Å². The molecule has 0 aromatic heterocycles. The predicted molar refractivity (Wildman–Crippen MR) is 60.9 cm³/mol. The molecule has 0 aliphatic heterocycles. The first-order chi connectivity index (χ1) is 6.68. The highest BCUT2D eigenvalue weighted by atomic mass is 32.2. The van der Waals surface area contributed by atoms with Gasteiger partial charge in [-0.2, -0.15) is 12.7 Å². The first-order valence-electron chi connectivity index (χ1n) is 4.75. The average Bonchev–Trinajstić information content (AvgIpc) is 2.12. The highest BCUT2D eigenvalue weighted by Crippen LogP contribution is 2.02. The van der Waals surface area contributed by atoms with Crippen LogP contribution < -0.4 is 10.5 Å². The summed E-state index contributed by atoms with van der Waals surface area (Å²) in [6.45, 7) is 5.77. The Morgan fingerprint density at radius 3 is 2.27 bits per heavy atom. The van der Waals surface area contributed by atoms with Crippen LogP contribution in [-0.2, 0) is 10.2 Å². The van der Waals surface area contributed by atoms with Crippen molar-refractivity contribution in [1.82, 2.24) is 9.03 Å². The monoisotopic (exact) mass is 236 g/mol. The predicted octanol–water partition coefficient (Wildman–Crippen LogP) is -0.267. The maximum absolute atomic E-state index is 11.6. The fraction of sp³-hybridized carbons (Fsp3) is 0.875. The lowest BCUT2D eigenvalue weighted by Crippen LogP contribution is -2.48. The molecule has 0 fully saturated rings. The molecule has 0 aliphatic rings. The molecule has 0 saturated heterocycles. The van der Waals surface area contributed by atoms with E-state index in [0.717, 1.165) is 4.31 Å². The van der Waals surface area contributed by atoms with Gasteiger partial charge in [0.25, 0.3) is 10.2 Å². The van der Waals surface area contributed by atoms with Crippen molar-refractivity contribution in [2.24, 2.45) is 11.7 Å². The lowest BCUT2D eigenvalue weighted by molar-refractivity contribution is 0.433. The molecule has 6 nitrogen and oxygen atoms in total. The van der Waals surface area contributed by atoms with Gasteiger partial charge in [0.1, 0.15) is 5.84 Å². The quantitative estimate of drug-likeness (QED) is 0.437. The van der Waals surface area contributed by atoms with E-state index in [1.165, 1.54) is 7.05 Å². The maximum atomic E-state index is 11.6. The van der Waals surface area contributed by atoms with Gasteiger partial charge in [-0.25, -0.2) is 4.72 Å². The molecule has 0 aromatic carbocycles. The van der Waals surface area contributed by atoms with Gasteiger partial charge in [-0.15, -0.1) is 0 Å². The third-order valence-electron chi connectivity index (χ3n) is 2.05. The first-order valence-corrected chi connectivity index (χ1v) is 6.19. The van der Waals surface area contributed by atoms with Gasteiger partial charge >= 0.3 is 0 Å². The Kier molecular flexibility index (Phi) is 5.19. The van der Waals surface area contributed by atoms with Crippen LogP contribution in [-0.4, -0.2) is 38.2 Å². The number of nitrogens with zero attached hydrogens (tertiary/aromatic N) is 1. The summed E-state index contributed by atoms with van der Waals surface area (Å²) in [6.07, 6.45) is 0. The molecule has 90 valence electrons. The van der Waals surface area contributed by atoms with Crippen molar-refractivity contribution in [2.75, 3.05) is 13.6 Å². The van der Waals surface area contributed by atoms with Crippen molar-refractivity contribution in [3.63, 3.8) is 0 Å². The van der Waals surface area contributed by atoms with Gasteiger partial charge in [-0.3, -0.25) is 5.41 Å². The molecule has 1 atom stereocenters. The van der Waals surface area contributed by atoms with Crippen LogP contribution in [0.15, 0.2) is 0 Å². The fourth-order valence-electron chi connectivity index (χ4n) is 0.778. The van der Waals surface area contributed by atoms with Crippen LogP contribution in [0.3, 0.4) is 0 Å². The summed E-state index contributed by atoms with van der Waals surface area (Å²) < 4.78 is 26.8. The van der Waals surface area contributed by atoms with Gasteiger partial charge in [0, 0.05) is 13.6 Å². The molecule has 0 radical (unpaired) electrons. The van der Waals surface area contributed by atoms with Crippen molar-refractivity contribution >= 4 is 16.0 Å². The Morgan fingerprint density at radius 2 is 1.93 bits per heavy atom. The summed E-state index contributed by atoms with van der Waals surface area (Å²) >= 11 is 0. The topological polar surface area (TPSA) is 99.3 Å². The third-order valence-corrected chi connectivity index (χ3v) is 3.65. The zero-order valence-electron chi connectivity index (χ0n) is 9.61. The summed E-state index contributed by atoms with van der Waals surface area (Å²) in [5.74, 6) is 0.0632. The zero-order valence-corrected chi connectivity index (χ0v) is 10.4. The van der Waals surface area contributed by atoms with Crippen molar-refractivity contribution in [3.8, 4) is 0 Å². The number of nitrogens with one attached hydrogen (secondary N) is 2. The van der Waals surface area contributed by atoms with Gasteiger partial charge in [-0.1, -0.05) is 13.8 Å². The Hall–Kier alpha value is -0.660. The second-order valence-electron chi connectivity index (χ2n) is 3.89. The van der Waals surface area contributed by atoms with Crippen LogP contribution in [0, 0.1) is 11.3 Å². The molecule has 0 saturated carbocycles. The molecule has 7 heteroatoms. The van der Waals surface area contributed by atoms with Gasteiger partial charge in [0.2, 0.25) is 0 Å². The molecular weight excluding hydrogens is 216 g/mol. The lowest BCUT2D eigenvalue weighted by Gasteiger charge is -2.23. The van der Waals surface area contributed by atoms with Crippen LogP contribution in [0.25, 0.3) is 0 Å². The molecule has 0 heterocycles. The van der Waals surface area contributed by atoms with Crippen LogP contribution in [0.5, 0.6) is 0 Å². The Balaban J connectivity index is 4.52. The van der Waals surface area contributed by atoms with Gasteiger partial charge in [-0.05, 0) is 12.8 Å². The van der Waals surface area contributed by atoms with Crippen LogP contribution >= 0.6 is 0 Å². The molecule has 0 spiro atoms. The smallest absolute Gasteiger partial charge is 0.279 e. The maximum Gasteiger partial charge on any atom is 0.279 e. The zero-order chi connectivity index (χ0) is 12.2. The minimum absolute atomic E-state index is 0.174. The minimum Gasteiger partial charge on any atom is -0.386 e. The van der Waals surface area contributed by atoms with E-state index in [4.69, 9.17) is 11.1 Å². The van der Waals surface area contributed by atoms with E-state index in [9.17, 15) is 8.42 Å². The Morgan fingerprint density at radius 1 is 1.47 bits per heavy atom. The summed E-state index contributed by atoms with van der Waals surface area (Å²) in [5, 5.41) is 7.17. The van der Waals surface area contributed by atoms with Gasteiger partial charge in [0.15, 0.2) is 0 Å². The molecular formula is C8H20N4O2S. The summed E-state index contributed by atoms with van der Waals surface area (Å²) in [5.41, 5.74) is 5.24. The van der Waals surface area contributed by atoms with Gasteiger partial charge < -0.3 is 5.73 Å². The van der Waals surface area contributed by atoms with E-state index in [-0.39, 0.29) is 11.8 Å². The second kappa shape index (κ2) is 5.43. The number of rotatable bonds is 6. The SMILES string of the molecule is CC(C)CNS(=O)(=O)N(C)C(C)C(=N)N. The van der Waals surface area contributed by atoms with Gasteiger partial charge in [0.05, 0.1) is 6.04 Å². The van der Waals surface area contributed by atoms with Crippen molar-refractivity contribution in [1.29, 1.82) is 5.41 Å². The highest BCUT2D eigenvalue weighted by Gasteiger charge is 2.24. The summed E-state index contributed by atoms with van der Waals surface area (Å²) in [7, 11) is -2.14. The molecule has 15 heavy (non-hydrogen) atoms. The summed E-state index contributed by atoms with van der Waals surface area (Å²) in [4.78, 5) is 0. The molecule has 4 N–H and O–H groups in total. The van der Waals surface area contributed by atoms with E-state index in [0.29, 0.717) is 6.54 Å². The summed E-state index contributed by atoms with van der Waals surface area (Å²) in [6, 6.07) is -0.630. The third kappa shape index (κ3) is 4.59. The van der Waals surface area contributed by atoms with Crippen molar-refractivity contribution in [3.05, 3.63) is 0 Å². The number of hydrogen-bond donors (Lipinski definition) is 3. The number of nitrogens with two attached hydrogens (primary N) is 1. The molecule has 0 amide bonds. The lowest BCUT2D eigenvalue weighted by atomic mass is 10.2. The first kappa shape index (κ1) is 14.3. The van der Waals surface area contributed by atoms with Crippen LogP contribution in [0.2, 0.25) is 0 Å². The Labute approximate surface area is 91.5 Å². The molecule has 0 rings (SSSR count). The average molecular weight is 236 g/mol.